The van der Waals surface area contributed by atoms with E-state index in [1.807, 2.05) is 0 Å². The lowest BCUT2D eigenvalue weighted by molar-refractivity contribution is -0.137. The van der Waals surface area contributed by atoms with Crippen LogP contribution in [0.2, 0.25) is 0 Å². The number of amides is 2. The highest BCUT2D eigenvalue weighted by Crippen LogP contribution is 2.24. The lowest BCUT2D eigenvalue weighted by atomic mass is 10.0. The van der Waals surface area contributed by atoms with Crippen molar-refractivity contribution in [3.8, 4) is 11.5 Å². The van der Waals surface area contributed by atoms with Gasteiger partial charge < -0.3 is 9.62 Å². The number of aldehydes is 1. The van der Waals surface area contributed by atoms with Crippen molar-refractivity contribution in [2.75, 3.05) is 7.11 Å². The maximum absolute atomic E-state index is 13.1. The molecule has 0 spiro atoms. The zero-order valence-electron chi connectivity index (χ0n) is 17.0. The summed E-state index contributed by atoms with van der Waals surface area (Å²) in [6.45, 7) is 7.02. The molecule has 0 saturated heterocycles. The number of ether oxygens (including phenoxy) is 1. The van der Waals surface area contributed by atoms with Crippen LogP contribution in [-0.4, -0.2) is 41.0 Å². The highest BCUT2D eigenvalue weighted by Gasteiger charge is 2.30. The van der Waals surface area contributed by atoms with Gasteiger partial charge in [0.05, 0.1) is 18.2 Å². The molecule has 0 bridgehead atoms. The van der Waals surface area contributed by atoms with Gasteiger partial charge >= 0.3 is 0 Å². The fraction of sp³-hybridized carbons (Fsp3) is 0.286. The van der Waals surface area contributed by atoms with Crippen molar-refractivity contribution in [3.05, 3.63) is 58.7 Å². The molecule has 0 radical (unpaired) electrons. The number of nitrogens with zero attached hydrogens (tertiary/aromatic N) is 1. The van der Waals surface area contributed by atoms with Crippen LogP contribution in [0.4, 0.5) is 0 Å². The minimum absolute atomic E-state index is 0.0856. The fourth-order valence-corrected chi connectivity index (χ4v) is 2.74. The number of carbonyl (C=O) groups excluding carboxylic acids is 3. The number of hydrogen-bond acceptors (Lipinski definition) is 6. The SMILES string of the molecule is COc1cccc(C(=O)NN(C(=O)c2ccc(C=O)c(OO)c2)C(C)(C)C)c1C. The number of benzene rings is 2. The first kappa shape index (κ1) is 21.9. The Morgan fingerprint density at radius 1 is 1.14 bits per heavy atom. The van der Waals surface area contributed by atoms with Gasteiger partial charge in [-0.25, -0.2) is 10.3 Å². The normalized spacial score (nSPS) is 10.8. The average molecular weight is 400 g/mol. The fourth-order valence-electron chi connectivity index (χ4n) is 2.74. The summed E-state index contributed by atoms with van der Waals surface area (Å²) in [6, 6.07) is 9.05. The van der Waals surface area contributed by atoms with Crippen LogP contribution in [0.5, 0.6) is 11.5 Å². The third-order valence-corrected chi connectivity index (χ3v) is 4.32. The Hall–Kier alpha value is -3.39. The molecule has 0 fully saturated rings. The Balaban J connectivity index is 2.39. The largest absolute Gasteiger partial charge is 0.496 e. The molecule has 0 aromatic heterocycles. The maximum Gasteiger partial charge on any atom is 0.272 e. The summed E-state index contributed by atoms with van der Waals surface area (Å²) >= 11 is 0. The van der Waals surface area contributed by atoms with Gasteiger partial charge in [0, 0.05) is 16.7 Å². The van der Waals surface area contributed by atoms with E-state index in [0.717, 1.165) is 0 Å². The van der Waals surface area contributed by atoms with Crippen LogP contribution < -0.4 is 15.1 Å². The van der Waals surface area contributed by atoms with Crippen molar-refractivity contribution in [3.63, 3.8) is 0 Å². The monoisotopic (exact) mass is 400 g/mol. The molecule has 0 aliphatic rings. The minimum atomic E-state index is -0.775. The van der Waals surface area contributed by atoms with Gasteiger partial charge in [0.1, 0.15) is 5.75 Å². The Kier molecular flexibility index (Phi) is 6.60. The topological polar surface area (TPSA) is 105 Å². The lowest BCUT2D eigenvalue weighted by Gasteiger charge is -2.35. The number of hydrogen-bond donors (Lipinski definition) is 2. The lowest BCUT2D eigenvalue weighted by Crippen LogP contribution is -2.56. The van der Waals surface area contributed by atoms with Crippen molar-refractivity contribution in [2.45, 2.75) is 33.2 Å². The Morgan fingerprint density at radius 2 is 1.83 bits per heavy atom. The molecule has 0 unspecified atom stereocenters. The molecule has 154 valence electrons. The standard InChI is InChI=1S/C21H24N2O6/c1-13-16(7-6-8-17(13)28-5)19(25)22-23(21(2,3)4)20(26)14-9-10-15(12-24)18(11-14)29-27/h6-12,27H,1-5H3,(H,22,25). The van der Waals surface area contributed by atoms with Crippen molar-refractivity contribution in [2.24, 2.45) is 0 Å². The number of carbonyl (C=O) groups is 3. The van der Waals surface area contributed by atoms with E-state index < -0.39 is 17.4 Å². The maximum atomic E-state index is 13.1. The Morgan fingerprint density at radius 3 is 2.38 bits per heavy atom. The number of methoxy groups -OCH3 is 1. The molecular weight excluding hydrogens is 376 g/mol. The zero-order valence-corrected chi connectivity index (χ0v) is 17.0. The van der Waals surface area contributed by atoms with Gasteiger partial charge in [0.15, 0.2) is 12.0 Å². The van der Waals surface area contributed by atoms with Crippen molar-refractivity contribution in [1.29, 1.82) is 0 Å². The van der Waals surface area contributed by atoms with E-state index in [2.05, 4.69) is 10.3 Å². The molecule has 0 atom stereocenters. The molecule has 2 aromatic rings. The van der Waals surface area contributed by atoms with E-state index in [9.17, 15) is 14.4 Å². The number of nitrogens with one attached hydrogen (secondary N) is 1. The van der Waals surface area contributed by atoms with E-state index in [0.29, 0.717) is 23.2 Å². The van der Waals surface area contributed by atoms with Crippen LogP contribution in [0.25, 0.3) is 0 Å². The van der Waals surface area contributed by atoms with E-state index in [1.165, 1.54) is 30.3 Å². The van der Waals surface area contributed by atoms with Crippen LogP contribution in [0.15, 0.2) is 36.4 Å². The van der Waals surface area contributed by atoms with Crippen LogP contribution in [0.1, 0.15) is 57.4 Å². The smallest absolute Gasteiger partial charge is 0.272 e. The summed E-state index contributed by atoms with van der Waals surface area (Å²) < 4.78 is 5.25. The molecule has 8 heteroatoms. The van der Waals surface area contributed by atoms with Crippen LogP contribution in [0.3, 0.4) is 0 Å². The highest BCUT2D eigenvalue weighted by atomic mass is 17.1. The van der Waals surface area contributed by atoms with E-state index in [1.54, 1.807) is 45.9 Å². The first-order valence-corrected chi connectivity index (χ1v) is 8.83. The van der Waals surface area contributed by atoms with Gasteiger partial charge in [-0.15, -0.1) is 0 Å². The molecule has 29 heavy (non-hydrogen) atoms. The summed E-state index contributed by atoms with van der Waals surface area (Å²) in [7, 11) is 1.51. The van der Waals surface area contributed by atoms with Crippen LogP contribution in [-0.2, 0) is 0 Å². The average Bonchev–Trinajstić information content (AvgIpc) is 2.70. The van der Waals surface area contributed by atoms with Gasteiger partial charge in [-0.1, -0.05) is 6.07 Å². The highest BCUT2D eigenvalue weighted by molar-refractivity contribution is 6.01. The molecule has 0 saturated carbocycles. The Bertz CT molecular complexity index is 933. The minimum Gasteiger partial charge on any atom is -0.496 e. The first-order valence-electron chi connectivity index (χ1n) is 8.83. The molecule has 0 aliphatic heterocycles. The molecule has 0 heterocycles. The molecule has 2 rings (SSSR count). The van der Waals surface area contributed by atoms with Crippen LogP contribution >= 0.6 is 0 Å². The first-order chi connectivity index (χ1) is 13.6. The summed E-state index contributed by atoms with van der Waals surface area (Å²) in [5.41, 5.74) is 3.08. The summed E-state index contributed by atoms with van der Waals surface area (Å²) in [4.78, 5) is 41.1. The third kappa shape index (κ3) is 4.72. The second-order valence-corrected chi connectivity index (χ2v) is 7.35. The summed E-state index contributed by atoms with van der Waals surface area (Å²) in [6.07, 6.45) is 0.495. The quantitative estimate of drug-likeness (QED) is 0.453. The van der Waals surface area contributed by atoms with E-state index >= 15 is 0 Å². The van der Waals surface area contributed by atoms with Gasteiger partial charge in [0.2, 0.25) is 0 Å². The van der Waals surface area contributed by atoms with E-state index in [-0.39, 0.29) is 16.9 Å². The van der Waals surface area contributed by atoms with Crippen molar-refractivity contribution < 1.29 is 29.3 Å². The second-order valence-electron chi connectivity index (χ2n) is 7.35. The molecule has 0 aliphatic carbocycles. The third-order valence-electron chi connectivity index (χ3n) is 4.32. The molecule has 2 aromatic carbocycles. The van der Waals surface area contributed by atoms with Gasteiger partial charge in [-0.2, -0.15) is 0 Å². The summed E-state index contributed by atoms with van der Waals surface area (Å²) in [5.74, 6) is -0.620. The molecule has 2 N–H and O–H groups in total. The van der Waals surface area contributed by atoms with Crippen molar-refractivity contribution in [1.82, 2.24) is 10.4 Å². The van der Waals surface area contributed by atoms with E-state index in [4.69, 9.17) is 9.99 Å². The summed E-state index contributed by atoms with van der Waals surface area (Å²) in [5, 5.41) is 10.1. The predicted octanol–water partition coefficient (Wildman–Crippen LogP) is 3.25. The van der Waals surface area contributed by atoms with Crippen LogP contribution in [0, 0.1) is 6.92 Å². The number of hydrazine groups is 1. The zero-order chi connectivity index (χ0) is 21.8. The van der Waals surface area contributed by atoms with Gasteiger partial charge in [-0.05, 0) is 58.0 Å². The second kappa shape index (κ2) is 8.74. The van der Waals surface area contributed by atoms with Crippen molar-refractivity contribution >= 4 is 18.1 Å². The molecule has 8 nitrogen and oxygen atoms in total. The molecular formula is C21H24N2O6. The Labute approximate surface area is 168 Å². The van der Waals surface area contributed by atoms with Gasteiger partial charge in [-0.3, -0.25) is 19.8 Å². The van der Waals surface area contributed by atoms with Gasteiger partial charge in [0.25, 0.3) is 11.8 Å². The molecule has 2 amide bonds. The number of rotatable bonds is 5. The predicted molar refractivity (Wildman–Crippen MR) is 106 cm³/mol.